The number of hydrogen-bond acceptors (Lipinski definition) is 6. The molecular weight excluding hydrogens is 458 g/mol. The summed E-state index contributed by atoms with van der Waals surface area (Å²) in [4.78, 5) is 42.8. The van der Waals surface area contributed by atoms with Gasteiger partial charge >= 0.3 is 12.0 Å². The molecule has 0 bridgehead atoms. The predicted octanol–water partition coefficient (Wildman–Crippen LogP) is 2.23. The number of carbonyl (C=O) groups is 3. The van der Waals surface area contributed by atoms with Crippen LogP contribution in [0.3, 0.4) is 0 Å². The van der Waals surface area contributed by atoms with Gasteiger partial charge in [0, 0.05) is 25.3 Å². The maximum absolute atomic E-state index is 13.1. The molecule has 0 saturated carbocycles. The van der Waals surface area contributed by atoms with Crippen LogP contribution in [-0.2, 0) is 20.7 Å². The first-order chi connectivity index (χ1) is 17.4. The topological polar surface area (TPSA) is 117 Å². The number of nitrogens with one attached hydrogen (secondary N) is 2. The molecule has 0 unspecified atom stereocenters. The summed E-state index contributed by atoms with van der Waals surface area (Å²) in [5, 5.41) is 5.77. The number of amides is 3. The fraction of sp³-hybridized carbons (Fsp3) is 0.593. The lowest BCUT2D eigenvalue weighted by atomic mass is 9.83. The molecule has 3 amide bonds. The van der Waals surface area contributed by atoms with Gasteiger partial charge in [0.25, 0.3) is 0 Å². The van der Waals surface area contributed by atoms with Crippen molar-refractivity contribution in [1.29, 1.82) is 0 Å². The van der Waals surface area contributed by atoms with E-state index in [9.17, 15) is 14.4 Å². The molecule has 4 N–H and O–H groups in total. The largest absolute Gasteiger partial charge is 0.463 e. The van der Waals surface area contributed by atoms with E-state index in [1.54, 1.807) is 6.92 Å². The summed E-state index contributed by atoms with van der Waals surface area (Å²) in [6, 6.07) is 6.99. The summed E-state index contributed by atoms with van der Waals surface area (Å²) < 4.78 is 5.40. The number of urea groups is 1. The molecule has 2 fully saturated rings. The number of nitrogens with zero attached hydrogens (tertiary/aromatic N) is 2. The Balaban J connectivity index is 1.57. The van der Waals surface area contributed by atoms with Crippen LogP contribution in [0.5, 0.6) is 0 Å². The van der Waals surface area contributed by atoms with E-state index < -0.39 is 17.6 Å². The number of aryl methyl sites for hydroxylation is 1. The second-order valence-corrected chi connectivity index (χ2v) is 9.96. The van der Waals surface area contributed by atoms with Crippen molar-refractivity contribution >= 4 is 17.9 Å². The molecule has 196 valence electrons. The Labute approximate surface area is 213 Å². The Bertz CT molecular complexity index is 992. The lowest BCUT2D eigenvalue weighted by Crippen LogP contribution is -2.63. The number of nitrogens with two attached hydrogens (primary N) is 1. The van der Waals surface area contributed by atoms with Gasteiger partial charge in [0.05, 0.1) is 18.2 Å². The molecule has 1 atom stereocenters. The molecule has 0 aliphatic carbocycles. The van der Waals surface area contributed by atoms with E-state index in [-0.39, 0.29) is 18.5 Å². The van der Waals surface area contributed by atoms with Gasteiger partial charge in [-0.2, -0.15) is 0 Å². The van der Waals surface area contributed by atoms with Gasteiger partial charge in [-0.1, -0.05) is 37.6 Å². The number of piperidine rings is 2. The molecule has 3 aliphatic rings. The number of rotatable bonds is 8. The van der Waals surface area contributed by atoms with Gasteiger partial charge in [0.15, 0.2) is 0 Å². The number of likely N-dealkylation sites (tertiary alicyclic amines) is 2. The summed E-state index contributed by atoms with van der Waals surface area (Å²) in [5.41, 5.74) is 8.31. The number of primary amides is 1. The second-order valence-electron chi connectivity index (χ2n) is 9.96. The van der Waals surface area contributed by atoms with Crippen molar-refractivity contribution in [2.45, 2.75) is 64.0 Å². The number of carbonyl (C=O) groups excluding carboxylic acids is 3. The Hall–Kier alpha value is -2.91. The van der Waals surface area contributed by atoms with Gasteiger partial charge in [-0.3, -0.25) is 14.6 Å². The third-order valence-electron chi connectivity index (χ3n) is 7.86. The third kappa shape index (κ3) is 5.42. The van der Waals surface area contributed by atoms with E-state index in [0.29, 0.717) is 43.7 Å². The van der Waals surface area contributed by atoms with Crippen molar-refractivity contribution in [2.75, 3.05) is 39.3 Å². The van der Waals surface area contributed by atoms with Crippen molar-refractivity contribution in [2.24, 2.45) is 5.73 Å². The van der Waals surface area contributed by atoms with E-state index in [0.717, 1.165) is 37.9 Å². The molecule has 0 aromatic heterocycles. The van der Waals surface area contributed by atoms with E-state index in [4.69, 9.17) is 10.5 Å². The molecule has 36 heavy (non-hydrogen) atoms. The zero-order chi connectivity index (χ0) is 25.7. The van der Waals surface area contributed by atoms with Crippen LogP contribution in [0.25, 0.3) is 0 Å². The fourth-order valence-corrected chi connectivity index (χ4v) is 5.73. The lowest BCUT2D eigenvalue weighted by molar-refractivity contribution is -0.139. The van der Waals surface area contributed by atoms with E-state index in [2.05, 4.69) is 27.4 Å². The molecule has 0 spiro atoms. The van der Waals surface area contributed by atoms with Gasteiger partial charge in [0.1, 0.15) is 5.54 Å². The molecular formula is C27H39N5O4. The Morgan fingerprint density at radius 3 is 2.31 bits per heavy atom. The van der Waals surface area contributed by atoms with Gasteiger partial charge < -0.3 is 21.1 Å². The minimum Gasteiger partial charge on any atom is -0.463 e. The smallest absolute Gasteiger partial charge is 0.338 e. The highest BCUT2D eigenvalue weighted by Gasteiger charge is 2.45. The average Bonchev–Trinajstić information content (AvgIpc) is 2.89. The first-order valence-electron chi connectivity index (χ1n) is 13.2. The van der Waals surface area contributed by atoms with E-state index in [1.807, 2.05) is 24.3 Å². The molecule has 9 heteroatoms. The van der Waals surface area contributed by atoms with Crippen molar-refractivity contribution in [3.05, 3.63) is 46.7 Å². The highest BCUT2D eigenvalue weighted by Crippen LogP contribution is 2.33. The van der Waals surface area contributed by atoms with E-state index in [1.165, 1.54) is 12.0 Å². The minimum atomic E-state index is -0.615. The third-order valence-corrected chi connectivity index (χ3v) is 7.86. The number of esters is 1. The first kappa shape index (κ1) is 26.2. The monoisotopic (exact) mass is 497 g/mol. The van der Waals surface area contributed by atoms with Crippen LogP contribution in [0.15, 0.2) is 35.5 Å². The second kappa shape index (κ2) is 11.4. The Morgan fingerprint density at radius 1 is 1.06 bits per heavy atom. The highest BCUT2D eigenvalue weighted by atomic mass is 16.5. The Kier molecular flexibility index (Phi) is 8.31. The number of ether oxygens (including phenoxy) is 1. The van der Waals surface area contributed by atoms with Gasteiger partial charge in [-0.15, -0.1) is 0 Å². The van der Waals surface area contributed by atoms with Gasteiger partial charge in [-0.25, -0.2) is 9.59 Å². The highest BCUT2D eigenvalue weighted by molar-refractivity contribution is 5.95. The normalized spacial score (nSPS) is 23.1. The quantitative estimate of drug-likeness (QED) is 0.474. The van der Waals surface area contributed by atoms with Crippen LogP contribution in [0, 0.1) is 0 Å². The van der Waals surface area contributed by atoms with E-state index >= 15 is 0 Å². The maximum atomic E-state index is 13.1. The summed E-state index contributed by atoms with van der Waals surface area (Å²) in [7, 11) is 0. The van der Waals surface area contributed by atoms with Crippen molar-refractivity contribution < 1.29 is 19.1 Å². The molecule has 1 aromatic rings. The van der Waals surface area contributed by atoms with Crippen LogP contribution in [0.4, 0.5) is 4.79 Å². The lowest BCUT2D eigenvalue weighted by Gasteiger charge is -2.48. The SMILES string of the molecule is CCOC(=O)C1=C(CN2CCC(C(N)=O)(N3CCCCC3)CC2)NC(=O)N[C@@H]1c1ccc(CC)cc1. The molecule has 1 aromatic carbocycles. The summed E-state index contributed by atoms with van der Waals surface area (Å²) in [5.74, 6) is -0.692. The number of hydrogen-bond donors (Lipinski definition) is 3. The van der Waals surface area contributed by atoms with Crippen LogP contribution >= 0.6 is 0 Å². The van der Waals surface area contributed by atoms with Crippen LogP contribution < -0.4 is 16.4 Å². The molecule has 0 radical (unpaired) electrons. The van der Waals surface area contributed by atoms with Crippen molar-refractivity contribution in [3.8, 4) is 0 Å². The zero-order valence-electron chi connectivity index (χ0n) is 21.5. The average molecular weight is 498 g/mol. The Morgan fingerprint density at radius 2 is 1.72 bits per heavy atom. The fourth-order valence-electron chi connectivity index (χ4n) is 5.73. The molecule has 2 saturated heterocycles. The molecule has 4 rings (SSSR count). The zero-order valence-corrected chi connectivity index (χ0v) is 21.5. The van der Waals surface area contributed by atoms with Gasteiger partial charge in [0.2, 0.25) is 5.91 Å². The standard InChI is InChI=1S/C27H39N5O4/c1-3-19-8-10-20(11-9-19)23-22(24(33)36-4-2)21(29-26(35)30-23)18-31-16-12-27(13-17-31,25(28)34)32-14-6-5-7-15-32/h8-11,23H,3-7,12-18H2,1-2H3,(H2,28,34)(H2,29,30,35)/t23-/m1/s1. The molecule has 3 aliphatic heterocycles. The van der Waals surface area contributed by atoms with Crippen molar-refractivity contribution in [3.63, 3.8) is 0 Å². The van der Waals surface area contributed by atoms with Crippen LogP contribution in [0.2, 0.25) is 0 Å². The summed E-state index contributed by atoms with van der Waals surface area (Å²) >= 11 is 0. The first-order valence-corrected chi connectivity index (χ1v) is 13.2. The predicted molar refractivity (Wildman–Crippen MR) is 137 cm³/mol. The maximum Gasteiger partial charge on any atom is 0.338 e. The van der Waals surface area contributed by atoms with Crippen LogP contribution in [0.1, 0.15) is 63.1 Å². The summed E-state index contributed by atoms with van der Waals surface area (Å²) in [6.07, 6.45) is 5.56. The minimum absolute atomic E-state index is 0.242. The van der Waals surface area contributed by atoms with Gasteiger partial charge in [-0.05, 0) is 63.2 Å². The van der Waals surface area contributed by atoms with Crippen molar-refractivity contribution in [1.82, 2.24) is 20.4 Å². The summed E-state index contributed by atoms with van der Waals surface area (Å²) in [6.45, 7) is 7.59. The molecule has 9 nitrogen and oxygen atoms in total. The van der Waals surface area contributed by atoms with Crippen LogP contribution in [-0.4, -0.2) is 72.6 Å². The molecule has 3 heterocycles. The number of benzene rings is 1.